The highest BCUT2D eigenvalue weighted by Crippen LogP contribution is 2.35. The van der Waals surface area contributed by atoms with E-state index in [0.717, 1.165) is 41.6 Å². The molecule has 0 spiro atoms. The van der Waals surface area contributed by atoms with Crippen LogP contribution >= 0.6 is 0 Å². The number of rotatable bonds is 10. The number of benzene rings is 1. The van der Waals surface area contributed by atoms with Gasteiger partial charge in [0.05, 0.1) is 35.0 Å². The second-order valence-corrected chi connectivity index (χ2v) is 10.1. The van der Waals surface area contributed by atoms with E-state index in [0.29, 0.717) is 23.9 Å². The number of nitrogens with zero attached hydrogens (tertiary/aromatic N) is 4. The maximum Gasteiger partial charge on any atom is 0.0849 e. The molecule has 0 amide bonds. The first-order valence-electron chi connectivity index (χ1n) is 12.5. The topological polar surface area (TPSA) is 40.9 Å². The molecule has 2 rings (SSSR count). The van der Waals surface area contributed by atoms with Crippen molar-refractivity contribution in [3.05, 3.63) is 58.9 Å². The molecule has 4 heteroatoms. The number of hydrogen-bond donors (Lipinski definition) is 0. The third kappa shape index (κ3) is 7.33. The van der Waals surface area contributed by atoms with E-state index in [9.17, 15) is 0 Å². The Kier molecular flexibility index (Phi) is 9.97. The molecule has 0 N–H and O–H groups in total. The number of pyridine rings is 1. The molecule has 0 unspecified atom stereocenters. The van der Waals surface area contributed by atoms with Crippen molar-refractivity contribution in [2.75, 3.05) is 13.1 Å². The first-order valence-corrected chi connectivity index (χ1v) is 12.5. The van der Waals surface area contributed by atoms with E-state index in [2.05, 4.69) is 98.4 Å². The molecule has 0 atom stereocenters. The van der Waals surface area contributed by atoms with Crippen molar-refractivity contribution in [2.24, 2.45) is 9.98 Å². The number of hydrogen-bond acceptors (Lipinski definition) is 4. The van der Waals surface area contributed by atoms with Crippen molar-refractivity contribution in [1.29, 1.82) is 0 Å². The monoisotopic (exact) mass is 448 g/mol. The average Bonchev–Trinajstić information content (AvgIpc) is 2.75. The third-order valence-corrected chi connectivity index (χ3v) is 6.15. The van der Waals surface area contributed by atoms with Crippen LogP contribution in [0.25, 0.3) is 0 Å². The quantitative estimate of drug-likeness (QED) is 0.355. The Morgan fingerprint density at radius 2 is 1.24 bits per heavy atom. The van der Waals surface area contributed by atoms with E-state index < -0.39 is 0 Å². The van der Waals surface area contributed by atoms with Crippen molar-refractivity contribution in [2.45, 2.75) is 93.2 Å². The zero-order valence-electron chi connectivity index (χ0n) is 22.5. The molecule has 2 aromatic rings. The molecule has 0 bridgehead atoms. The van der Waals surface area contributed by atoms with Crippen molar-refractivity contribution < 1.29 is 0 Å². The van der Waals surface area contributed by atoms with Crippen LogP contribution in [0.2, 0.25) is 0 Å². The predicted molar refractivity (Wildman–Crippen MR) is 145 cm³/mol. The fourth-order valence-electron chi connectivity index (χ4n) is 4.23. The van der Waals surface area contributed by atoms with Gasteiger partial charge in [0.2, 0.25) is 0 Å². The van der Waals surface area contributed by atoms with Crippen LogP contribution in [0, 0.1) is 0 Å². The molecule has 0 aliphatic heterocycles. The van der Waals surface area contributed by atoms with Gasteiger partial charge in [-0.1, -0.05) is 52.0 Å². The normalized spacial score (nSPS) is 13.3. The van der Waals surface area contributed by atoms with Crippen molar-refractivity contribution in [1.82, 2.24) is 9.88 Å². The fourth-order valence-corrected chi connectivity index (χ4v) is 4.23. The van der Waals surface area contributed by atoms with Crippen LogP contribution in [-0.2, 0) is 0 Å². The Labute approximate surface area is 202 Å². The lowest BCUT2D eigenvalue weighted by atomic mass is 9.93. The molecule has 0 fully saturated rings. The van der Waals surface area contributed by atoms with Crippen LogP contribution in [-0.4, -0.2) is 46.5 Å². The zero-order valence-corrected chi connectivity index (χ0v) is 22.5. The van der Waals surface area contributed by atoms with Gasteiger partial charge in [0.25, 0.3) is 0 Å². The molecule has 0 aliphatic carbocycles. The molecule has 0 radical (unpaired) electrons. The van der Waals surface area contributed by atoms with Gasteiger partial charge in [-0.05, 0) is 76.6 Å². The van der Waals surface area contributed by atoms with Crippen LogP contribution in [0.4, 0.5) is 5.69 Å². The van der Waals surface area contributed by atoms with Gasteiger partial charge in [-0.15, -0.1) is 0 Å². The largest absolute Gasteiger partial charge is 0.297 e. The summed E-state index contributed by atoms with van der Waals surface area (Å²) in [5.41, 5.74) is 7.40. The molecule has 33 heavy (non-hydrogen) atoms. The number of aliphatic imine (C=N–C) groups is 2. The van der Waals surface area contributed by atoms with Gasteiger partial charge in [-0.25, -0.2) is 4.98 Å². The summed E-state index contributed by atoms with van der Waals surface area (Å²) >= 11 is 0. The minimum Gasteiger partial charge on any atom is -0.297 e. The van der Waals surface area contributed by atoms with Gasteiger partial charge in [0.1, 0.15) is 0 Å². The number of para-hydroxylation sites is 1. The lowest BCUT2D eigenvalue weighted by Gasteiger charge is -2.29. The van der Waals surface area contributed by atoms with Gasteiger partial charge >= 0.3 is 0 Å². The Morgan fingerprint density at radius 3 is 1.73 bits per heavy atom. The molecule has 1 aromatic carbocycles. The predicted octanol–water partition coefficient (Wildman–Crippen LogP) is 7.40. The Bertz CT molecular complexity index is 933. The van der Waals surface area contributed by atoms with E-state index in [-0.39, 0.29) is 0 Å². The van der Waals surface area contributed by atoms with Crippen LogP contribution in [0.5, 0.6) is 0 Å². The highest BCUT2D eigenvalue weighted by molar-refractivity contribution is 6.01. The molecule has 0 aliphatic rings. The molecule has 1 heterocycles. The smallest absolute Gasteiger partial charge is 0.0849 e. The molecule has 0 saturated heterocycles. The van der Waals surface area contributed by atoms with Gasteiger partial charge < -0.3 is 0 Å². The lowest BCUT2D eigenvalue weighted by molar-refractivity contribution is 0.181. The van der Waals surface area contributed by atoms with E-state index in [1.807, 2.05) is 12.1 Å². The van der Waals surface area contributed by atoms with Crippen molar-refractivity contribution in [3.63, 3.8) is 0 Å². The molecule has 180 valence electrons. The Hall–Kier alpha value is -2.33. The fraction of sp³-hybridized carbons (Fsp3) is 0.552. The van der Waals surface area contributed by atoms with Crippen molar-refractivity contribution >= 4 is 17.1 Å². The zero-order chi connectivity index (χ0) is 24.7. The van der Waals surface area contributed by atoms with Crippen LogP contribution < -0.4 is 0 Å². The molecular formula is C29H44N4. The summed E-state index contributed by atoms with van der Waals surface area (Å²) in [4.78, 5) is 17.3. The third-order valence-electron chi connectivity index (χ3n) is 6.15. The van der Waals surface area contributed by atoms with Crippen molar-refractivity contribution in [3.8, 4) is 0 Å². The summed E-state index contributed by atoms with van der Waals surface area (Å²) in [6.07, 6.45) is 0. The summed E-state index contributed by atoms with van der Waals surface area (Å²) < 4.78 is 0. The maximum atomic E-state index is 5.10. The Balaban J connectivity index is 2.32. The number of aromatic nitrogens is 1. The summed E-state index contributed by atoms with van der Waals surface area (Å²) in [7, 11) is 0. The van der Waals surface area contributed by atoms with Gasteiger partial charge in [0.15, 0.2) is 0 Å². The van der Waals surface area contributed by atoms with Crippen LogP contribution in [0.3, 0.4) is 0 Å². The maximum absolute atomic E-state index is 5.10. The second kappa shape index (κ2) is 12.2. The van der Waals surface area contributed by atoms with Crippen LogP contribution in [0.15, 0.2) is 46.4 Å². The Morgan fingerprint density at radius 1 is 0.758 bits per heavy atom. The summed E-state index contributed by atoms with van der Waals surface area (Å²) in [5, 5.41) is 0. The standard InChI is InChI=1S/C29H44N4/c1-19(2)25-13-11-14-26(20(3)4)29(25)31-24(10)28-16-12-15-27(32-28)23(9)30-17-18-33(21(5)6)22(7)8/h11-16,19-22H,17-18H2,1-10H3. The molecule has 1 aromatic heterocycles. The highest BCUT2D eigenvalue weighted by Gasteiger charge is 2.15. The highest BCUT2D eigenvalue weighted by atomic mass is 15.2. The summed E-state index contributed by atoms with van der Waals surface area (Å²) in [6, 6.07) is 13.7. The minimum atomic E-state index is 0.417. The SMILES string of the molecule is CC(=NCCN(C(C)C)C(C)C)c1cccc(C(C)=Nc2c(C(C)C)cccc2C(C)C)n1. The first-order chi connectivity index (χ1) is 15.5. The van der Waals surface area contributed by atoms with E-state index in [1.54, 1.807) is 0 Å². The van der Waals surface area contributed by atoms with E-state index in [4.69, 9.17) is 15.0 Å². The molecule has 0 saturated carbocycles. The van der Waals surface area contributed by atoms with E-state index in [1.165, 1.54) is 11.1 Å². The van der Waals surface area contributed by atoms with E-state index >= 15 is 0 Å². The first kappa shape index (κ1) is 26.9. The summed E-state index contributed by atoms with van der Waals surface area (Å²) in [6.45, 7) is 23.7. The summed E-state index contributed by atoms with van der Waals surface area (Å²) in [5.74, 6) is 0.834. The van der Waals surface area contributed by atoms with Gasteiger partial charge in [0, 0.05) is 18.6 Å². The minimum absolute atomic E-state index is 0.417. The van der Waals surface area contributed by atoms with Gasteiger partial charge in [-0.3, -0.25) is 14.9 Å². The molecular weight excluding hydrogens is 404 g/mol. The lowest BCUT2D eigenvalue weighted by Crippen LogP contribution is -2.38. The van der Waals surface area contributed by atoms with Gasteiger partial charge in [-0.2, -0.15) is 0 Å². The average molecular weight is 449 g/mol. The van der Waals surface area contributed by atoms with Crippen LogP contribution in [0.1, 0.15) is 104 Å². The second-order valence-electron chi connectivity index (χ2n) is 10.1. The molecule has 4 nitrogen and oxygen atoms in total.